The van der Waals surface area contributed by atoms with Crippen LogP contribution in [0.25, 0.3) is 0 Å². The van der Waals surface area contributed by atoms with Crippen molar-refractivity contribution in [2.24, 2.45) is 0 Å². The Morgan fingerprint density at radius 1 is 1.40 bits per heavy atom. The van der Waals surface area contributed by atoms with Gasteiger partial charge >= 0.3 is 5.97 Å². The summed E-state index contributed by atoms with van der Waals surface area (Å²) in [6.45, 7) is 3.40. The monoisotopic (exact) mass is 210 g/mol. The third-order valence-electron chi connectivity index (χ3n) is 1.97. The Hall–Kier alpha value is -1.71. The van der Waals surface area contributed by atoms with Gasteiger partial charge in [0.05, 0.1) is 7.11 Å². The van der Waals surface area contributed by atoms with E-state index < -0.39 is 12.1 Å². The first-order chi connectivity index (χ1) is 7.04. The summed E-state index contributed by atoms with van der Waals surface area (Å²) >= 11 is 0. The molecular formula is C11H14O4. The van der Waals surface area contributed by atoms with Gasteiger partial charge in [-0.25, -0.2) is 4.79 Å². The lowest BCUT2D eigenvalue weighted by atomic mass is 10.2. The molecule has 0 saturated carbocycles. The Balaban J connectivity index is 2.89. The van der Waals surface area contributed by atoms with Crippen molar-refractivity contribution >= 4 is 5.97 Å². The highest BCUT2D eigenvalue weighted by Crippen LogP contribution is 2.28. The van der Waals surface area contributed by atoms with Gasteiger partial charge in [-0.3, -0.25) is 0 Å². The molecule has 0 fully saturated rings. The minimum absolute atomic E-state index is 0.443. The van der Waals surface area contributed by atoms with Gasteiger partial charge in [-0.05, 0) is 31.5 Å². The molecule has 0 saturated heterocycles. The van der Waals surface area contributed by atoms with Crippen molar-refractivity contribution in [3.05, 3.63) is 23.8 Å². The summed E-state index contributed by atoms with van der Waals surface area (Å²) in [7, 11) is 1.52. The molecule has 1 N–H and O–H groups in total. The van der Waals surface area contributed by atoms with Crippen LogP contribution in [0.3, 0.4) is 0 Å². The molecule has 0 radical (unpaired) electrons. The molecule has 0 amide bonds. The minimum atomic E-state index is -1.00. The molecule has 15 heavy (non-hydrogen) atoms. The molecule has 0 heterocycles. The number of aryl methyl sites for hydroxylation is 1. The maximum atomic E-state index is 10.6. The third-order valence-corrected chi connectivity index (χ3v) is 1.97. The summed E-state index contributed by atoms with van der Waals surface area (Å²) in [5.74, 6) is -0.0151. The lowest BCUT2D eigenvalue weighted by molar-refractivity contribution is -0.144. The Bertz CT molecular complexity index is 360. The largest absolute Gasteiger partial charge is 0.493 e. The van der Waals surface area contributed by atoms with Crippen molar-refractivity contribution in [1.82, 2.24) is 0 Å². The van der Waals surface area contributed by atoms with Crippen molar-refractivity contribution in [1.29, 1.82) is 0 Å². The second kappa shape index (κ2) is 4.68. The Labute approximate surface area is 88.4 Å². The number of benzene rings is 1. The fourth-order valence-corrected chi connectivity index (χ4v) is 1.11. The average molecular weight is 210 g/mol. The topological polar surface area (TPSA) is 55.8 Å². The van der Waals surface area contributed by atoms with Gasteiger partial charge < -0.3 is 14.6 Å². The lowest BCUT2D eigenvalue weighted by Crippen LogP contribution is -2.23. The summed E-state index contributed by atoms with van der Waals surface area (Å²) in [6, 6.07) is 5.34. The van der Waals surface area contributed by atoms with Crippen LogP contribution in [-0.2, 0) is 4.79 Å². The van der Waals surface area contributed by atoms with Crippen LogP contribution >= 0.6 is 0 Å². The molecule has 0 aromatic heterocycles. The number of methoxy groups -OCH3 is 1. The standard InChI is InChI=1S/C11H14O4/c1-7-4-5-9(10(6-7)14-3)15-8(2)11(12)13/h4-6,8H,1-3H3,(H,12,13)/t8-/m0/s1. The highest BCUT2D eigenvalue weighted by molar-refractivity contribution is 5.72. The minimum Gasteiger partial charge on any atom is -0.493 e. The predicted molar refractivity (Wildman–Crippen MR) is 55.5 cm³/mol. The van der Waals surface area contributed by atoms with Crippen LogP contribution in [0.5, 0.6) is 11.5 Å². The molecule has 1 atom stereocenters. The van der Waals surface area contributed by atoms with Crippen LogP contribution in [0.4, 0.5) is 0 Å². The first-order valence-corrected chi connectivity index (χ1v) is 4.58. The zero-order valence-electron chi connectivity index (χ0n) is 8.98. The molecule has 0 bridgehead atoms. The molecule has 1 aromatic rings. The third kappa shape index (κ3) is 2.87. The number of rotatable bonds is 4. The van der Waals surface area contributed by atoms with Gasteiger partial charge in [-0.15, -0.1) is 0 Å². The van der Waals surface area contributed by atoms with Gasteiger partial charge in [-0.2, -0.15) is 0 Å². The van der Waals surface area contributed by atoms with E-state index in [0.717, 1.165) is 5.56 Å². The Kier molecular flexibility index (Phi) is 3.55. The Morgan fingerprint density at radius 3 is 2.60 bits per heavy atom. The number of carboxylic acids is 1. The molecule has 0 unspecified atom stereocenters. The van der Waals surface area contributed by atoms with Crippen molar-refractivity contribution < 1.29 is 19.4 Å². The van der Waals surface area contributed by atoms with Crippen LogP contribution in [-0.4, -0.2) is 24.3 Å². The smallest absolute Gasteiger partial charge is 0.344 e. The van der Waals surface area contributed by atoms with E-state index in [1.54, 1.807) is 12.1 Å². The first-order valence-electron chi connectivity index (χ1n) is 4.58. The zero-order valence-corrected chi connectivity index (χ0v) is 8.98. The first kappa shape index (κ1) is 11.4. The fraction of sp³-hybridized carbons (Fsp3) is 0.364. The number of hydrogen-bond acceptors (Lipinski definition) is 3. The molecule has 4 nitrogen and oxygen atoms in total. The lowest BCUT2D eigenvalue weighted by Gasteiger charge is -2.13. The van der Waals surface area contributed by atoms with Crippen LogP contribution in [0.1, 0.15) is 12.5 Å². The number of hydrogen-bond donors (Lipinski definition) is 1. The SMILES string of the molecule is COc1cc(C)ccc1O[C@@H](C)C(=O)O. The van der Waals surface area contributed by atoms with E-state index in [-0.39, 0.29) is 0 Å². The van der Waals surface area contributed by atoms with Crippen LogP contribution in [0, 0.1) is 6.92 Å². The summed E-state index contributed by atoms with van der Waals surface area (Å²) in [5, 5.41) is 8.70. The van der Waals surface area contributed by atoms with Crippen molar-refractivity contribution in [2.75, 3.05) is 7.11 Å². The second-order valence-corrected chi connectivity index (χ2v) is 3.25. The van der Waals surface area contributed by atoms with Gasteiger partial charge in [-0.1, -0.05) is 6.07 Å². The predicted octanol–water partition coefficient (Wildman–Crippen LogP) is 1.86. The van der Waals surface area contributed by atoms with Crippen molar-refractivity contribution in [3.8, 4) is 11.5 Å². The van der Waals surface area contributed by atoms with Crippen molar-refractivity contribution in [2.45, 2.75) is 20.0 Å². The number of carbonyl (C=O) groups is 1. The molecule has 0 spiro atoms. The van der Waals surface area contributed by atoms with E-state index in [1.807, 2.05) is 13.0 Å². The van der Waals surface area contributed by atoms with E-state index in [1.165, 1.54) is 14.0 Å². The molecule has 4 heteroatoms. The number of aliphatic carboxylic acids is 1. The molecule has 82 valence electrons. The molecule has 1 aromatic carbocycles. The molecule has 1 rings (SSSR count). The summed E-state index contributed by atoms with van der Waals surface area (Å²) in [6.07, 6.45) is -0.887. The fourth-order valence-electron chi connectivity index (χ4n) is 1.11. The molecular weight excluding hydrogens is 196 g/mol. The van der Waals surface area contributed by atoms with E-state index >= 15 is 0 Å². The normalized spacial score (nSPS) is 11.9. The summed E-state index contributed by atoms with van der Waals surface area (Å²) in [5.41, 5.74) is 1.03. The summed E-state index contributed by atoms with van der Waals surface area (Å²) < 4.78 is 10.3. The quantitative estimate of drug-likeness (QED) is 0.824. The Morgan fingerprint density at radius 2 is 2.07 bits per heavy atom. The van der Waals surface area contributed by atoms with Gasteiger partial charge in [0, 0.05) is 0 Å². The highest BCUT2D eigenvalue weighted by Gasteiger charge is 2.14. The zero-order chi connectivity index (χ0) is 11.4. The summed E-state index contributed by atoms with van der Waals surface area (Å²) in [4.78, 5) is 10.6. The highest BCUT2D eigenvalue weighted by atomic mass is 16.5. The van der Waals surface area contributed by atoms with Gasteiger partial charge in [0.15, 0.2) is 17.6 Å². The number of carboxylic acid groups (broad SMARTS) is 1. The molecule has 0 aliphatic rings. The maximum Gasteiger partial charge on any atom is 0.344 e. The van der Waals surface area contributed by atoms with Crippen LogP contribution in [0.15, 0.2) is 18.2 Å². The maximum absolute atomic E-state index is 10.6. The van der Waals surface area contributed by atoms with Gasteiger partial charge in [0.1, 0.15) is 0 Å². The average Bonchev–Trinajstić information content (AvgIpc) is 2.20. The van der Waals surface area contributed by atoms with Gasteiger partial charge in [0.2, 0.25) is 0 Å². The van der Waals surface area contributed by atoms with Crippen molar-refractivity contribution in [3.63, 3.8) is 0 Å². The molecule has 0 aliphatic heterocycles. The van der Waals surface area contributed by atoms with Crippen LogP contribution in [0.2, 0.25) is 0 Å². The van der Waals surface area contributed by atoms with Crippen LogP contribution < -0.4 is 9.47 Å². The van der Waals surface area contributed by atoms with E-state index in [4.69, 9.17) is 14.6 Å². The second-order valence-electron chi connectivity index (χ2n) is 3.25. The van der Waals surface area contributed by atoms with E-state index in [9.17, 15) is 4.79 Å². The molecule has 0 aliphatic carbocycles. The number of ether oxygens (including phenoxy) is 2. The van der Waals surface area contributed by atoms with E-state index in [2.05, 4.69) is 0 Å². The van der Waals surface area contributed by atoms with Gasteiger partial charge in [0.25, 0.3) is 0 Å². The van der Waals surface area contributed by atoms with E-state index in [0.29, 0.717) is 11.5 Å².